The molecule has 0 aromatic carbocycles. The van der Waals surface area contributed by atoms with Gasteiger partial charge in [0.2, 0.25) is 0 Å². The summed E-state index contributed by atoms with van der Waals surface area (Å²) >= 11 is 0. The molecule has 0 aliphatic heterocycles. The molecule has 0 saturated heterocycles. The van der Waals surface area contributed by atoms with Gasteiger partial charge in [0.25, 0.3) is 0 Å². The van der Waals surface area contributed by atoms with Gasteiger partial charge in [-0.25, -0.2) is 0 Å². The Labute approximate surface area is 108 Å². The molecule has 0 aliphatic rings. The van der Waals surface area contributed by atoms with Crippen molar-refractivity contribution in [2.24, 2.45) is 5.41 Å². The van der Waals surface area contributed by atoms with Crippen LogP contribution in [0, 0.1) is 5.41 Å². The molecule has 1 aromatic rings. The Kier molecular flexibility index (Phi) is 5.34. The Bertz CT molecular complexity index is 383. The molecule has 0 unspecified atom stereocenters. The maximum Gasteiger partial charge on any atom is 0.310 e. The average molecular weight is 253 g/mol. The zero-order valence-electron chi connectivity index (χ0n) is 11.4. The van der Waals surface area contributed by atoms with Crippen molar-refractivity contribution in [3.8, 4) is 0 Å². The summed E-state index contributed by atoms with van der Waals surface area (Å²) in [4.78, 5) is 11.3. The van der Waals surface area contributed by atoms with Gasteiger partial charge in [-0.1, -0.05) is 13.8 Å². The van der Waals surface area contributed by atoms with E-state index in [0.717, 1.165) is 12.2 Å². The van der Waals surface area contributed by atoms with E-state index in [9.17, 15) is 9.90 Å². The summed E-state index contributed by atoms with van der Waals surface area (Å²) < 4.78 is 1.91. The van der Waals surface area contributed by atoms with Crippen molar-refractivity contribution in [2.75, 3.05) is 6.54 Å². The van der Waals surface area contributed by atoms with E-state index in [1.165, 1.54) is 0 Å². The van der Waals surface area contributed by atoms with Gasteiger partial charge < -0.3 is 10.4 Å². The first-order valence-corrected chi connectivity index (χ1v) is 6.54. The van der Waals surface area contributed by atoms with Crippen molar-refractivity contribution in [3.05, 3.63) is 18.0 Å². The minimum absolute atomic E-state index is 0.490. The van der Waals surface area contributed by atoms with Crippen LogP contribution in [0.3, 0.4) is 0 Å². The second-order valence-corrected chi connectivity index (χ2v) is 4.53. The lowest BCUT2D eigenvalue weighted by Crippen LogP contribution is -2.40. The van der Waals surface area contributed by atoms with Crippen LogP contribution in [0.2, 0.25) is 0 Å². The van der Waals surface area contributed by atoms with Crippen molar-refractivity contribution in [3.63, 3.8) is 0 Å². The van der Waals surface area contributed by atoms with Crippen LogP contribution in [0.15, 0.2) is 12.3 Å². The number of nitrogens with one attached hydrogen (secondary N) is 1. The summed E-state index contributed by atoms with van der Waals surface area (Å²) in [5.74, 6) is -0.719. The lowest BCUT2D eigenvalue weighted by atomic mass is 9.82. The smallest absolute Gasteiger partial charge is 0.310 e. The normalized spacial score (nSPS) is 11.7. The van der Waals surface area contributed by atoms with E-state index in [2.05, 4.69) is 10.4 Å². The maximum atomic E-state index is 11.3. The van der Waals surface area contributed by atoms with E-state index in [-0.39, 0.29) is 0 Å². The van der Waals surface area contributed by atoms with Crippen molar-refractivity contribution in [1.29, 1.82) is 0 Å². The first-order chi connectivity index (χ1) is 8.59. The molecule has 102 valence electrons. The van der Waals surface area contributed by atoms with Crippen LogP contribution in [0.5, 0.6) is 0 Å². The highest BCUT2D eigenvalue weighted by Gasteiger charge is 2.34. The van der Waals surface area contributed by atoms with Crippen molar-refractivity contribution >= 4 is 5.97 Å². The highest BCUT2D eigenvalue weighted by Crippen LogP contribution is 2.25. The van der Waals surface area contributed by atoms with Crippen LogP contribution < -0.4 is 5.32 Å². The van der Waals surface area contributed by atoms with Crippen LogP contribution >= 0.6 is 0 Å². The maximum absolute atomic E-state index is 11.3. The summed E-state index contributed by atoms with van der Waals surface area (Å²) in [5.41, 5.74) is 0.431. The fourth-order valence-corrected chi connectivity index (χ4v) is 2.10. The van der Waals surface area contributed by atoms with Crippen LogP contribution in [0.25, 0.3) is 0 Å². The van der Waals surface area contributed by atoms with Gasteiger partial charge in [0.1, 0.15) is 0 Å². The number of hydrogen-bond donors (Lipinski definition) is 2. The first kappa shape index (κ1) is 14.7. The Morgan fingerprint density at radius 2 is 2.11 bits per heavy atom. The van der Waals surface area contributed by atoms with Gasteiger partial charge in [0.05, 0.1) is 11.1 Å². The predicted molar refractivity (Wildman–Crippen MR) is 70.3 cm³/mol. The summed E-state index contributed by atoms with van der Waals surface area (Å²) in [7, 11) is 0. The lowest BCUT2D eigenvalue weighted by Gasteiger charge is -2.27. The summed E-state index contributed by atoms with van der Waals surface area (Å²) in [6.45, 7) is 7.87. The molecule has 0 bridgehead atoms. The van der Waals surface area contributed by atoms with Gasteiger partial charge in [0.15, 0.2) is 0 Å². The molecule has 0 atom stereocenters. The predicted octanol–water partition coefficient (Wildman–Crippen LogP) is 1.88. The third-order valence-corrected chi connectivity index (χ3v) is 3.68. The molecule has 0 spiro atoms. The number of aromatic nitrogens is 2. The summed E-state index contributed by atoms with van der Waals surface area (Å²) in [5, 5.41) is 16.8. The first-order valence-electron chi connectivity index (χ1n) is 6.54. The monoisotopic (exact) mass is 253 g/mol. The van der Waals surface area contributed by atoms with Gasteiger partial charge in [0, 0.05) is 25.8 Å². The van der Waals surface area contributed by atoms with Crippen molar-refractivity contribution < 1.29 is 9.90 Å². The number of carbonyl (C=O) groups is 1. The van der Waals surface area contributed by atoms with E-state index in [1.54, 1.807) is 6.20 Å². The fraction of sp³-hybridized carbons (Fsp3) is 0.692. The molecule has 1 rings (SSSR count). The molecule has 1 heterocycles. The molecule has 18 heavy (non-hydrogen) atoms. The number of aryl methyl sites for hydroxylation is 1. The van der Waals surface area contributed by atoms with Crippen LogP contribution in [-0.2, 0) is 17.9 Å². The minimum Gasteiger partial charge on any atom is -0.481 e. The Hall–Kier alpha value is -1.36. The van der Waals surface area contributed by atoms with E-state index in [4.69, 9.17) is 0 Å². The van der Waals surface area contributed by atoms with Crippen molar-refractivity contribution in [2.45, 2.75) is 46.7 Å². The number of aliphatic carboxylic acids is 1. The highest BCUT2D eigenvalue weighted by molar-refractivity contribution is 5.74. The number of nitrogens with zero attached hydrogens (tertiary/aromatic N) is 2. The summed E-state index contributed by atoms with van der Waals surface area (Å²) in [6, 6.07) is 1.96. The van der Waals surface area contributed by atoms with E-state index in [0.29, 0.717) is 25.9 Å². The molecule has 0 radical (unpaired) electrons. The molecule has 5 heteroatoms. The van der Waals surface area contributed by atoms with Gasteiger partial charge in [-0.3, -0.25) is 9.48 Å². The topological polar surface area (TPSA) is 67.2 Å². The third kappa shape index (κ3) is 3.10. The molecule has 2 N–H and O–H groups in total. The molecule has 0 saturated carbocycles. The van der Waals surface area contributed by atoms with Crippen LogP contribution in [0.1, 0.15) is 39.3 Å². The number of hydrogen-bond acceptors (Lipinski definition) is 3. The zero-order chi connectivity index (χ0) is 13.6. The molecular formula is C13H23N3O2. The number of carboxylic acid groups (broad SMARTS) is 1. The standard InChI is InChI=1S/C13H23N3O2/c1-4-13(5-2,12(17)18)10-14-9-11-7-8-15-16(11)6-3/h7-8,14H,4-6,9-10H2,1-3H3,(H,17,18). The minimum atomic E-state index is -0.719. The second-order valence-electron chi connectivity index (χ2n) is 4.53. The van der Waals surface area contributed by atoms with E-state index >= 15 is 0 Å². The average Bonchev–Trinajstić information content (AvgIpc) is 2.82. The van der Waals surface area contributed by atoms with E-state index < -0.39 is 11.4 Å². The Morgan fingerprint density at radius 3 is 2.61 bits per heavy atom. The lowest BCUT2D eigenvalue weighted by molar-refractivity contribution is -0.149. The number of rotatable bonds is 8. The fourth-order valence-electron chi connectivity index (χ4n) is 2.10. The van der Waals surface area contributed by atoms with E-state index in [1.807, 2.05) is 31.5 Å². The molecule has 0 aliphatic carbocycles. The third-order valence-electron chi connectivity index (χ3n) is 3.68. The van der Waals surface area contributed by atoms with Crippen LogP contribution in [-0.4, -0.2) is 27.4 Å². The van der Waals surface area contributed by atoms with Gasteiger partial charge in [-0.2, -0.15) is 5.10 Å². The number of carboxylic acids is 1. The largest absolute Gasteiger partial charge is 0.481 e. The molecule has 5 nitrogen and oxygen atoms in total. The molecule has 0 fully saturated rings. The highest BCUT2D eigenvalue weighted by atomic mass is 16.4. The zero-order valence-corrected chi connectivity index (χ0v) is 11.4. The van der Waals surface area contributed by atoms with Gasteiger partial charge in [-0.15, -0.1) is 0 Å². The molecule has 1 aromatic heterocycles. The SMILES string of the molecule is CCn1nccc1CNCC(CC)(CC)C(=O)O. The van der Waals surface area contributed by atoms with Gasteiger partial charge >= 0.3 is 5.97 Å². The quantitative estimate of drug-likeness (QED) is 0.742. The second kappa shape index (κ2) is 6.54. The molecular weight excluding hydrogens is 230 g/mol. The molecule has 0 amide bonds. The Morgan fingerprint density at radius 1 is 1.44 bits per heavy atom. The Balaban J connectivity index is 2.57. The van der Waals surface area contributed by atoms with Gasteiger partial charge in [-0.05, 0) is 25.8 Å². The van der Waals surface area contributed by atoms with Crippen molar-refractivity contribution in [1.82, 2.24) is 15.1 Å². The summed E-state index contributed by atoms with van der Waals surface area (Å²) in [6.07, 6.45) is 3.04. The van der Waals surface area contributed by atoms with Crippen LogP contribution in [0.4, 0.5) is 0 Å².